The molecule has 0 heterocycles. The summed E-state index contributed by atoms with van der Waals surface area (Å²) in [6, 6.07) is 0. The molecule has 0 aromatic heterocycles. The normalized spacial score (nSPS) is 12.0. The molecule has 0 aromatic carbocycles. The fraction of sp³-hybridized carbons (Fsp3) is 1.00. The van der Waals surface area contributed by atoms with Gasteiger partial charge in [0.15, 0.2) is 0 Å². The van der Waals surface area contributed by atoms with Gasteiger partial charge in [0.25, 0.3) is 0 Å². The highest BCUT2D eigenvalue weighted by molar-refractivity contribution is 7.79. The smallest absolute Gasteiger partial charge is 0.324 e. The van der Waals surface area contributed by atoms with Gasteiger partial charge in [-0.2, -0.15) is 8.42 Å². The lowest BCUT2D eigenvalue weighted by Crippen LogP contribution is -2.49. The van der Waals surface area contributed by atoms with Crippen LogP contribution in [-0.4, -0.2) is 48.2 Å². The minimum absolute atomic E-state index is 1.34. The van der Waals surface area contributed by atoms with Crippen molar-refractivity contribution in [1.29, 1.82) is 0 Å². The highest BCUT2D eigenvalue weighted by Gasteiger charge is 2.21. The molecule has 6 heteroatoms. The van der Waals surface area contributed by atoms with Crippen molar-refractivity contribution in [2.24, 2.45) is 0 Å². The zero-order valence-corrected chi connectivity index (χ0v) is 32.8. The van der Waals surface area contributed by atoms with E-state index < -0.39 is 10.4 Å². The fourth-order valence-corrected chi connectivity index (χ4v) is 6.96. The Labute approximate surface area is 291 Å². The van der Waals surface area contributed by atoms with Crippen LogP contribution < -0.4 is 0 Å². The van der Waals surface area contributed by atoms with Gasteiger partial charge in [-0.3, -0.25) is 9.11 Å². The fourth-order valence-electron chi connectivity index (χ4n) is 6.96. The summed E-state index contributed by atoms with van der Waals surface area (Å²) in [5.41, 5.74) is 0. The van der Waals surface area contributed by atoms with Gasteiger partial charge in [0.2, 0.25) is 0 Å². The summed E-state index contributed by atoms with van der Waals surface area (Å²) in [6.07, 6.45) is 47.0. The molecule has 0 aliphatic rings. The Bertz CT molecular complexity index is 620. The lowest BCUT2D eigenvalue weighted by molar-refractivity contribution is -0.925. The molecule has 0 spiro atoms. The van der Waals surface area contributed by atoms with E-state index in [2.05, 4.69) is 27.7 Å². The van der Waals surface area contributed by atoms with Gasteiger partial charge in [0, 0.05) is 0 Å². The number of unbranched alkanes of at least 4 members (excludes halogenated alkanes) is 30. The third-order valence-electron chi connectivity index (χ3n) is 10.3. The van der Waals surface area contributed by atoms with E-state index in [1.807, 2.05) is 0 Å². The first-order chi connectivity index (χ1) is 22.2. The molecule has 0 saturated carbocycles. The molecule has 0 unspecified atom stereocenters. The molecule has 0 amide bonds. The van der Waals surface area contributed by atoms with Crippen LogP contribution in [0.1, 0.15) is 233 Å². The van der Waals surface area contributed by atoms with E-state index in [9.17, 15) is 0 Å². The lowest BCUT2D eigenvalue weighted by atomic mass is 10.0. The van der Waals surface area contributed by atoms with Gasteiger partial charge in [0.05, 0.1) is 26.2 Å². The first-order valence-electron chi connectivity index (χ1n) is 20.8. The van der Waals surface area contributed by atoms with E-state index in [4.69, 9.17) is 17.5 Å². The van der Waals surface area contributed by atoms with Crippen molar-refractivity contribution in [1.82, 2.24) is 0 Å². The maximum Gasteiger partial charge on any atom is 0.394 e. The van der Waals surface area contributed by atoms with E-state index in [1.165, 1.54) is 236 Å². The van der Waals surface area contributed by atoms with Crippen LogP contribution in [0.5, 0.6) is 0 Å². The summed E-state index contributed by atoms with van der Waals surface area (Å²) in [5.74, 6) is 0. The van der Waals surface area contributed by atoms with Gasteiger partial charge in [-0.25, -0.2) is 0 Å². The van der Waals surface area contributed by atoms with Gasteiger partial charge >= 0.3 is 10.4 Å². The molecule has 5 nitrogen and oxygen atoms in total. The standard InChI is InChI=1S/C40H84N.H2O4S/c1-5-9-11-13-15-17-19-21-23-25-27-29-31-33-35-37-39-41(7-3,8-4)40-38-36-34-32-30-28-26-24-22-20-18-16-14-12-10-6-2;1-5(2,3)4/h5-40H2,1-4H3;(H2,1,2,3,4)/q+1;. The summed E-state index contributed by atoms with van der Waals surface area (Å²) >= 11 is 0. The van der Waals surface area contributed by atoms with Crippen molar-refractivity contribution in [3.05, 3.63) is 0 Å². The molecule has 0 fully saturated rings. The van der Waals surface area contributed by atoms with Crippen molar-refractivity contribution in [2.45, 2.75) is 233 Å². The van der Waals surface area contributed by atoms with Crippen LogP contribution in [0.3, 0.4) is 0 Å². The van der Waals surface area contributed by atoms with Gasteiger partial charge in [0.1, 0.15) is 0 Å². The topological polar surface area (TPSA) is 74.6 Å². The summed E-state index contributed by atoms with van der Waals surface area (Å²) in [7, 11) is -4.67. The monoisotopic (exact) mass is 677 g/mol. The molecule has 0 aliphatic heterocycles. The number of hydrogen-bond donors (Lipinski definition) is 2. The number of nitrogens with zero attached hydrogens (tertiary/aromatic N) is 1. The van der Waals surface area contributed by atoms with E-state index in [0.717, 1.165) is 0 Å². The molecule has 0 aromatic rings. The Morgan fingerprint density at radius 2 is 0.478 bits per heavy atom. The van der Waals surface area contributed by atoms with Crippen molar-refractivity contribution >= 4 is 10.4 Å². The summed E-state index contributed by atoms with van der Waals surface area (Å²) in [4.78, 5) is 0. The molecule has 2 N–H and O–H groups in total. The Morgan fingerprint density at radius 1 is 0.326 bits per heavy atom. The van der Waals surface area contributed by atoms with Gasteiger partial charge < -0.3 is 4.48 Å². The van der Waals surface area contributed by atoms with E-state index in [0.29, 0.717) is 0 Å². The quantitative estimate of drug-likeness (QED) is 0.0393. The predicted octanol–water partition coefficient (Wildman–Crippen LogP) is 13.7. The molecule has 46 heavy (non-hydrogen) atoms. The molecule has 0 bridgehead atoms. The van der Waals surface area contributed by atoms with Crippen LogP contribution in [-0.2, 0) is 10.4 Å². The lowest BCUT2D eigenvalue weighted by Gasteiger charge is -2.37. The van der Waals surface area contributed by atoms with Crippen LogP contribution in [0.25, 0.3) is 0 Å². The third-order valence-corrected chi connectivity index (χ3v) is 10.3. The molecule has 0 atom stereocenters. The second kappa shape index (κ2) is 37.6. The van der Waals surface area contributed by atoms with Crippen LogP contribution in [0.15, 0.2) is 0 Å². The minimum atomic E-state index is -4.67. The summed E-state index contributed by atoms with van der Waals surface area (Å²) < 4.78 is 33.0. The van der Waals surface area contributed by atoms with Crippen molar-refractivity contribution in [2.75, 3.05) is 26.2 Å². The second-order valence-corrected chi connectivity index (χ2v) is 15.4. The Kier molecular flexibility index (Phi) is 39.2. The van der Waals surface area contributed by atoms with Crippen LogP contribution >= 0.6 is 0 Å². The maximum atomic E-state index is 8.74. The first-order valence-corrected chi connectivity index (χ1v) is 22.2. The highest BCUT2D eigenvalue weighted by Crippen LogP contribution is 2.18. The zero-order chi connectivity index (χ0) is 34.5. The average Bonchev–Trinajstić information content (AvgIpc) is 3.02. The summed E-state index contributed by atoms with van der Waals surface area (Å²) in [5, 5.41) is 0. The van der Waals surface area contributed by atoms with E-state index in [-0.39, 0.29) is 0 Å². The molecule has 0 aliphatic carbocycles. The van der Waals surface area contributed by atoms with Gasteiger partial charge in [-0.15, -0.1) is 0 Å². The minimum Gasteiger partial charge on any atom is -0.324 e. The number of hydrogen-bond acceptors (Lipinski definition) is 2. The van der Waals surface area contributed by atoms with E-state index in [1.54, 1.807) is 0 Å². The molecular formula is C40H86NO4S+. The zero-order valence-electron chi connectivity index (χ0n) is 32.0. The SMILES string of the molecule is CCCCCCCCCCCCCCCCCC[N+](CC)(CC)CCCCCCCCCCCCCCCCCC.O=S(=O)(O)O. The Balaban J connectivity index is 0. The largest absolute Gasteiger partial charge is 0.394 e. The third kappa shape index (κ3) is 41.9. The summed E-state index contributed by atoms with van der Waals surface area (Å²) in [6.45, 7) is 15.1. The molecule has 0 saturated heterocycles. The molecule has 280 valence electrons. The molecule has 0 radical (unpaired) electrons. The number of rotatable bonds is 36. The maximum absolute atomic E-state index is 8.74. The Morgan fingerprint density at radius 3 is 0.630 bits per heavy atom. The molecule has 0 rings (SSSR count). The molecular weight excluding hydrogens is 591 g/mol. The second-order valence-electron chi connectivity index (χ2n) is 14.5. The Hall–Kier alpha value is -0.170. The van der Waals surface area contributed by atoms with Crippen LogP contribution in [0, 0.1) is 0 Å². The van der Waals surface area contributed by atoms with Crippen LogP contribution in [0.2, 0.25) is 0 Å². The van der Waals surface area contributed by atoms with Gasteiger partial charge in [-0.1, -0.05) is 194 Å². The average molecular weight is 677 g/mol. The van der Waals surface area contributed by atoms with Crippen LogP contribution in [0.4, 0.5) is 0 Å². The van der Waals surface area contributed by atoms with Crippen molar-refractivity contribution in [3.8, 4) is 0 Å². The first kappa shape index (κ1) is 47.9. The van der Waals surface area contributed by atoms with E-state index >= 15 is 0 Å². The highest BCUT2D eigenvalue weighted by atomic mass is 32.3. The van der Waals surface area contributed by atoms with Gasteiger partial charge in [-0.05, 0) is 39.5 Å². The predicted molar refractivity (Wildman–Crippen MR) is 204 cm³/mol. The van der Waals surface area contributed by atoms with Crippen molar-refractivity contribution < 1.29 is 22.0 Å². The number of quaternary nitrogens is 1. The van der Waals surface area contributed by atoms with Crippen molar-refractivity contribution in [3.63, 3.8) is 0 Å².